The molecule has 0 saturated heterocycles. The Bertz CT molecular complexity index is 475. The van der Waals surface area contributed by atoms with Gasteiger partial charge in [0.25, 0.3) is 0 Å². The maximum Gasteiger partial charge on any atom is 0.322 e. The quantitative estimate of drug-likeness (QED) is 0.778. The van der Waals surface area contributed by atoms with Crippen molar-refractivity contribution in [2.24, 2.45) is 0 Å². The zero-order valence-corrected chi connectivity index (χ0v) is 13.3. The highest BCUT2D eigenvalue weighted by molar-refractivity contribution is 9.10. The van der Waals surface area contributed by atoms with Crippen LogP contribution in [0, 0.1) is 6.92 Å². The number of aliphatic hydroxyl groups excluding tert-OH is 1. The predicted octanol–water partition coefficient (Wildman–Crippen LogP) is 3.53. The third kappa shape index (κ3) is 4.21. The minimum atomic E-state index is -0.0447. The van der Waals surface area contributed by atoms with E-state index in [2.05, 4.69) is 21.2 Å². The number of rotatable bonds is 6. The van der Waals surface area contributed by atoms with Crippen molar-refractivity contribution in [2.75, 3.05) is 18.5 Å². The topological polar surface area (TPSA) is 52.6 Å². The van der Waals surface area contributed by atoms with Crippen LogP contribution in [0.1, 0.15) is 31.2 Å². The van der Waals surface area contributed by atoms with Crippen LogP contribution in [-0.2, 0) is 0 Å². The van der Waals surface area contributed by atoms with Gasteiger partial charge in [0.05, 0.1) is 5.69 Å². The minimum Gasteiger partial charge on any atom is -0.396 e. The molecule has 1 aromatic rings. The van der Waals surface area contributed by atoms with E-state index in [1.807, 2.05) is 30.0 Å². The number of hydrogen-bond acceptors (Lipinski definition) is 2. The number of amides is 2. The Morgan fingerprint density at radius 2 is 2.20 bits per heavy atom. The normalized spacial score (nSPS) is 14.2. The fourth-order valence-electron chi connectivity index (χ4n) is 2.15. The number of aryl methyl sites for hydroxylation is 1. The first kappa shape index (κ1) is 15.3. The van der Waals surface area contributed by atoms with Crippen LogP contribution in [0.4, 0.5) is 10.5 Å². The molecule has 2 N–H and O–H groups in total. The van der Waals surface area contributed by atoms with Crippen LogP contribution in [0.25, 0.3) is 0 Å². The first-order valence-electron chi connectivity index (χ1n) is 7.06. The number of halogens is 1. The van der Waals surface area contributed by atoms with E-state index in [9.17, 15) is 4.79 Å². The van der Waals surface area contributed by atoms with Crippen LogP contribution in [-0.4, -0.2) is 35.2 Å². The molecule has 0 heterocycles. The summed E-state index contributed by atoms with van der Waals surface area (Å²) in [6.45, 7) is 2.89. The maximum absolute atomic E-state index is 12.4. The summed E-state index contributed by atoms with van der Waals surface area (Å²) >= 11 is 3.46. The van der Waals surface area contributed by atoms with Gasteiger partial charge in [-0.3, -0.25) is 0 Å². The van der Waals surface area contributed by atoms with Gasteiger partial charge in [-0.1, -0.05) is 6.07 Å². The fraction of sp³-hybridized carbons (Fsp3) is 0.533. The average Bonchev–Trinajstić information content (AvgIpc) is 3.23. The molecule has 0 bridgehead atoms. The van der Waals surface area contributed by atoms with Gasteiger partial charge in [0.15, 0.2) is 0 Å². The van der Waals surface area contributed by atoms with Crippen LogP contribution in [0.2, 0.25) is 0 Å². The van der Waals surface area contributed by atoms with Gasteiger partial charge >= 0.3 is 6.03 Å². The third-order valence-electron chi connectivity index (χ3n) is 3.42. The number of benzene rings is 1. The van der Waals surface area contributed by atoms with Crippen LogP contribution in [0.3, 0.4) is 0 Å². The molecule has 0 radical (unpaired) electrons. The van der Waals surface area contributed by atoms with Crippen molar-refractivity contribution in [3.05, 3.63) is 28.2 Å². The van der Waals surface area contributed by atoms with Crippen molar-refractivity contribution >= 4 is 27.6 Å². The lowest BCUT2D eigenvalue weighted by Crippen LogP contribution is -2.37. The molecule has 0 unspecified atom stereocenters. The van der Waals surface area contributed by atoms with E-state index in [4.69, 9.17) is 5.11 Å². The van der Waals surface area contributed by atoms with E-state index in [1.54, 1.807) is 0 Å². The average molecular weight is 341 g/mol. The van der Waals surface area contributed by atoms with Gasteiger partial charge in [-0.15, -0.1) is 0 Å². The van der Waals surface area contributed by atoms with Gasteiger partial charge in [0, 0.05) is 23.7 Å². The summed E-state index contributed by atoms with van der Waals surface area (Å²) in [5.41, 5.74) is 1.92. The molecule has 1 aromatic carbocycles. The number of carbonyl (C=O) groups is 1. The highest BCUT2D eigenvalue weighted by atomic mass is 79.9. The molecule has 0 aliphatic heterocycles. The number of unbranched alkanes of at least 4 members (excludes halogenated alkanes) is 1. The molecule has 4 nitrogen and oxygen atoms in total. The highest BCUT2D eigenvalue weighted by Crippen LogP contribution is 2.29. The van der Waals surface area contributed by atoms with Crippen LogP contribution in [0.5, 0.6) is 0 Å². The molecule has 1 aliphatic rings. The Labute approximate surface area is 128 Å². The van der Waals surface area contributed by atoms with Crippen molar-refractivity contribution in [2.45, 2.75) is 38.6 Å². The molecule has 20 heavy (non-hydrogen) atoms. The Morgan fingerprint density at radius 3 is 2.85 bits per heavy atom. The standard InChI is InChI=1S/C15H21BrN2O2/c1-11-4-7-13(16)14(10-11)17-15(20)18(12-5-6-12)8-2-3-9-19/h4,7,10,12,19H,2-3,5-6,8-9H2,1H3,(H,17,20). The number of aliphatic hydroxyl groups is 1. The monoisotopic (exact) mass is 340 g/mol. The van der Waals surface area contributed by atoms with E-state index >= 15 is 0 Å². The first-order valence-corrected chi connectivity index (χ1v) is 7.85. The van der Waals surface area contributed by atoms with Gasteiger partial charge in [0.1, 0.15) is 0 Å². The molecule has 110 valence electrons. The second-order valence-electron chi connectivity index (χ2n) is 5.27. The number of nitrogens with zero attached hydrogens (tertiary/aromatic N) is 1. The van der Waals surface area contributed by atoms with Gasteiger partial charge < -0.3 is 15.3 Å². The molecule has 0 aromatic heterocycles. The molecule has 0 spiro atoms. The van der Waals surface area contributed by atoms with E-state index in [1.165, 1.54) is 0 Å². The van der Waals surface area contributed by atoms with Gasteiger partial charge in [-0.25, -0.2) is 4.79 Å². The SMILES string of the molecule is Cc1ccc(Br)c(NC(=O)N(CCCCO)C2CC2)c1. The molecule has 2 amide bonds. The number of nitrogens with one attached hydrogen (secondary N) is 1. The van der Waals surface area contributed by atoms with E-state index in [0.717, 1.165) is 41.4 Å². The molecule has 0 atom stereocenters. The van der Waals surface area contributed by atoms with Gasteiger partial charge in [-0.05, 0) is 66.2 Å². The highest BCUT2D eigenvalue weighted by Gasteiger charge is 2.32. The molecule has 5 heteroatoms. The fourth-order valence-corrected chi connectivity index (χ4v) is 2.50. The maximum atomic E-state index is 12.4. The summed E-state index contributed by atoms with van der Waals surface area (Å²) in [4.78, 5) is 14.3. The summed E-state index contributed by atoms with van der Waals surface area (Å²) in [5, 5.41) is 11.8. The minimum absolute atomic E-state index is 0.0447. The Morgan fingerprint density at radius 1 is 1.45 bits per heavy atom. The van der Waals surface area contributed by atoms with Crippen molar-refractivity contribution in [3.63, 3.8) is 0 Å². The van der Waals surface area contributed by atoms with E-state index < -0.39 is 0 Å². The van der Waals surface area contributed by atoms with Gasteiger partial charge in [-0.2, -0.15) is 0 Å². The van der Waals surface area contributed by atoms with Crippen molar-refractivity contribution in [3.8, 4) is 0 Å². The predicted molar refractivity (Wildman–Crippen MR) is 83.9 cm³/mol. The third-order valence-corrected chi connectivity index (χ3v) is 4.11. The summed E-state index contributed by atoms with van der Waals surface area (Å²) < 4.78 is 0.891. The zero-order chi connectivity index (χ0) is 14.5. The summed E-state index contributed by atoms with van der Waals surface area (Å²) in [6.07, 6.45) is 3.75. The van der Waals surface area contributed by atoms with E-state index in [0.29, 0.717) is 12.6 Å². The van der Waals surface area contributed by atoms with Crippen molar-refractivity contribution < 1.29 is 9.90 Å². The van der Waals surface area contributed by atoms with Crippen LogP contribution >= 0.6 is 15.9 Å². The second-order valence-corrected chi connectivity index (χ2v) is 6.12. The Hall–Kier alpha value is -1.07. The van der Waals surface area contributed by atoms with E-state index in [-0.39, 0.29) is 12.6 Å². The smallest absolute Gasteiger partial charge is 0.322 e. The molecule has 1 fully saturated rings. The molecular formula is C15H21BrN2O2. The van der Waals surface area contributed by atoms with Crippen LogP contribution < -0.4 is 5.32 Å². The van der Waals surface area contributed by atoms with Gasteiger partial charge in [0.2, 0.25) is 0 Å². The van der Waals surface area contributed by atoms with Crippen molar-refractivity contribution in [1.82, 2.24) is 4.90 Å². The lowest BCUT2D eigenvalue weighted by molar-refractivity contribution is 0.204. The largest absolute Gasteiger partial charge is 0.396 e. The van der Waals surface area contributed by atoms with Crippen molar-refractivity contribution in [1.29, 1.82) is 0 Å². The Kier molecular flexibility index (Phi) is 5.43. The molecule has 2 rings (SSSR count). The summed E-state index contributed by atoms with van der Waals surface area (Å²) in [6, 6.07) is 6.23. The molecule has 1 saturated carbocycles. The van der Waals surface area contributed by atoms with Crippen LogP contribution in [0.15, 0.2) is 22.7 Å². The zero-order valence-electron chi connectivity index (χ0n) is 11.7. The molecule has 1 aliphatic carbocycles. The first-order chi connectivity index (χ1) is 9.61. The second kappa shape index (κ2) is 7.09. The number of hydrogen-bond donors (Lipinski definition) is 2. The molecular weight excluding hydrogens is 320 g/mol. The number of urea groups is 1. The Balaban J connectivity index is 1.98. The summed E-state index contributed by atoms with van der Waals surface area (Å²) in [7, 11) is 0. The number of anilines is 1. The summed E-state index contributed by atoms with van der Waals surface area (Å²) in [5.74, 6) is 0. The number of carbonyl (C=O) groups excluding carboxylic acids is 1. The lowest BCUT2D eigenvalue weighted by atomic mass is 10.2. The lowest BCUT2D eigenvalue weighted by Gasteiger charge is -2.23.